The molecule has 1 aromatic carbocycles. The van der Waals surface area contributed by atoms with Gasteiger partial charge in [0.15, 0.2) is 0 Å². The Balaban J connectivity index is 1.76. The summed E-state index contributed by atoms with van der Waals surface area (Å²) in [5.74, 6) is 0.813. The number of benzene rings is 1. The summed E-state index contributed by atoms with van der Waals surface area (Å²) in [5, 5.41) is 11.9. The fourth-order valence-electron chi connectivity index (χ4n) is 1.77. The highest BCUT2D eigenvalue weighted by atomic mass is 79.9. The van der Waals surface area contributed by atoms with Crippen LogP contribution in [0.2, 0.25) is 0 Å². The summed E-state index contributed by atoms with van der Waals surface area (Å²) in [4.78, 5) is 4.17. The number of hydrogen-bond donors (Lipinski definition) is 1. The van der Waals surface area contributed by atoms with Crippen molar-refractivity contribution in [2.45, 2.75) is 12.8 Å². The third-order valence-corrected chi connectivity index (χ3v) is 3.22. The second-order valence-corrected chi connectivity index (χ2v) is 5.12. The first-order valence-electron chi connectivity index (χ1n) is 6.12. The van der Waals surface area contributed by atoms with Crippen molar-refractivity contribution < 1.29 is 0 Å². The molecule has 0 bridgehead atoms. The van der Waals surface area contributed by atoms with Crippen LogP contribution in [0.1, 0.15) is 17.5 Å². The maximum Gasteiger partial charge on any atom is 0.125 e. The van der Waals surface area contributed by atoms with Crippen LogP contribution in [-0.2, 0) is 6.42 Å². The summed E-state index contributed by atoms with van der Waals surface area (Å²) in [6, 6.07) is 14.0. The molecule has 0 aliphatic carbocycles. The molecule has 96 valence electrons. The van der Waals surface area contributed by atoms with Crippen LogP contribution < -0.4 is 5.32 Å². The highest BCUT2D eigenvalue weighted by Gasteiger charge is 1.96. The standard InChI is InChI=1S/C15H14BrN3/c16-14-5-1-3-12(9-14)4-2-8-18-15-7-6-13(10-17)11-19-15/h1,3,5-7,9,11H,2,4,8H2,(H,18,19). The summed E-state index contributed by atoms with van der Waals surface area (Å²) in [7, 11) is 0. The number of rotatable bonds is 5. The number of anilines is 1. The van der Waals surface area contributed by atoms with E-state index in [2.05, 4.69) is 50.5 Å². The molecule has 1 aromatic heterocycles. The molecule has 2 aromatic rings. The van der Waals surface area contributed by atoms with Gasteiger partial charge in [0.1, 0.15) is 11.9 Å². The van der Waals surface area contributed by atoms with Crippen LogP contribution in [0.15, 0.2) is 47.1 Å². The zero-order chi connectivity index (χ0) is 13.5. The van der Waals surface area contributed by atoms with E-state index in [4.69, 9.17) is 5.26 Å². The second kappa shape index (κ2) is 6.91. The SMILES string of the molecule is N#Cc1ccc(NCCCc2cccc(Br)c2)nc1. The molecule has 0 amide bonds. The molecule has 0 saturated carbocycles. The Kier molecular flexibility index (Phi) is 4.93. The minimum atomic E-state index is 0.583. The Bertz CT molecular complexity index is 573. The molecule has 1 heterocycles. The van der Waals surface area contributed by atoms with Gasteiger partial charge < -0.3 is 5.32 Å². The molecule has 4 heteroatoms. The van der Waals surface area contributed by atoms with Gasteiger partial charge >= 0.3 is 0 Å². The quantitative estimate of drug-likeness (QED) is 0.855. The lowest BCUT2D eigenvalue weighted by Crippen LogP contribution is -2.04. The summed E-state index contributed by atoms with van der Waals surface area (Å²) in [6.45, 7) is 0.866. The maximum atomic E-state index is 8.68. The van der Waals surface area contributed by atoms with Crippen LogP contribution in [0.4, 0.5) is 5.82 Å². The molecule has 0 spiro atoms. The largest absolute Gasteiger partial charge is 0.370 e. The number of hydrogen-bond acceptors (Lipinski definition) is 3. The highest BCUT2D eigenvalue weighted by Crippen LogP contribution is 2.13. The Morgan fingerprint density at radius 3 is 2.84 bits per heavy atom. The van der Waals surface area contributed by atoms with Gasteiger partial charge in [-0.25, -0.2) is 4.98 Å². The second-order valence-electron chi connectivity index (χ2n) is 4.20. The minimum absolute atomic E-state index is 0.583. The molecule has 0 radical (unpaired) electrons. The first-order valence-corrected chi connectivity index (χ1v) is 6.92. The van der Waals surface area contributed by atoms with Crippen molar-refractivity contribution in [2.24, 2.45) is 0 Å². The maximum absolute atomic E-state index is 8.68. The van der Waals surface area contributed by atoms with Crippen LogP contribution >= 0.6 is 15.9 Å². The van der Waals surface area contributed by atoms with Crippen LogP contribution in [-0.4, -0.2) is 11.5 Å². The summed E-state index contributed by atoms with van der Waals surface area (Å²) in [5.41, 5.74) is 1.91. The Labute approximate surface area is 121 Å². The average Bonchev–Trinajstić information content (AvgIpc) is 2.44. The fraction of sp³-hybridized carbons (Fsp3) is 0.200. The van der Waals surface area contributed by atoms with E-state index >= 15 is 0 Å². The van der Waals surface area contributed by atoms with Crippen LogP contribution in [0, 0.1) is 11.3 Å². The van der Waals surface area contributed by atoms with Crippen LogP contribution in [0.25, 0.3) is 0 Å². The molecule has 0 atom stereocenters. The number of pyridine rings is 1. The summed E-state index contributed by atoms with van der Waals surface area (Å²) >= 11 is 3.47. The predicted molar refractivity (Wildman–Crippen MR) is 79.9 cm³/mol. The van der Waals surface area contributed by atoms with E-state index in [9.17, 15) is 0 Å². The Hall–Kier alpha value is -1.86. The molecule has 1 N–H and O–H groups in total. The number of nitriles is 1. The molecule has 0 fully saturated rings. The van der Waals surface area contributed by atoms with Gasteiger partial charge in [0.2, 0.25) is 0 Å². The van der Waals surface area contributed by atoms with Gasteiger partial charge in [-0.15, -0.1) is 0 Å². The molecule has 0 saturated heterocycles. The first kappa shape index (κ1) is 13.6. The topological polar surface area (TPSA) is 48.7 Å². The third kappa shape index (κ3) is 4.38. The van der Waals surface area contributed by atoms with E-state index < -0.39 is 0 Å². The van der Waals surface area contributed by atoms with Crippen molar-refractivity contribution in [2.75, 3.05) is 11.9 Å². The van der Waals surface area contributed by atoms with Gasteiger partial charge in [0.25, 0.3) is 0 Å². The lowest BCUT2D eigenvalue weighted by Gasteiger charge is -2.05. The number of nitrogens with one attached hydrogen (secondary N) is 1. The van der Waals surface area contributed by atoms with E-state index in [1.54, 1.807) is 12.3 Å². The van der Waals surface area contributed by atoms with Crippen molar-refractivity contribution >= 4 is 21.7 Å². The smallest absolute Gasteiger partial charge is 0.125 e. The molecular formula is C15H14BrN3. The number of aromatic nitrogens is 1. The first-order chi connectivity index (χ1) is 9.28. The van der Waals surface area contributed by atoms with Gasteiger partial charge in [0, 0.05) is 17.2 Å². The van der Waals surface area contributed by atoms with Gasteiger partial charge in [0.05, 0.1) is 5.56 Å². The van der Waals surface area contributed by atoms with Gasteiger partial charge in [-0.05, 0) is 42.7 Å². The monoisotopic (exact) mass is 315 g/mol. The molecule has 3 nitrogen and oxygen atoms in total. The molecule has 0 aliphatic rings. The zero-order valence-corrected chi connectivity index (χ0v) is 12.0. The molecule has 2 rings (SSSR count). The van der Waals surface area contributed by atoms with Crippen molar-refractivity contribution in [3.05, 3.63) is 58.2 Å². The highest BCUT2D eigenvalue weighted by molar-refractivity contribution is 9.10. The zero-order valence-electron chi connectivity index (χ0n) is 10.4. The van der Waals surface area contributed by atoms with E-state index in [0.717, 1.165) is 29.7 Å². The van der Waals surface area contributed by atoms with E-state index in [-0.39, 0.29) is 0 Å². The van der Waals surface area contributed by atoms with Gasteiger partial charge in [-0.3, -0.25) is 0 Å². The average molecular weight is 316 g/mol. The van der Waals surface area contributed by atoms with Crippen molar-refractivity contribution in [3.8, 4) is 6.07 Å². The number of aryl methyl sites for hydroxylation is 1. The summed E-state index contributed by atoms with van der Waals surface area (Å²) < 4.78 is 1.12. The lowest BCUT2D eigenvalue weighted by molar-refractivity contribution is 0.858. The van der Waals surface area contributed by atoms with Crippen LogP contribution in [0.5, 0.6) is 0 Å². The molecule has 19 heavy (non-hydrogen) atoms. The normalized spacial score (nSPS) is 9.89. The lowest BCUT2D eigenvalue weighted by atomic mass is 10.1. The molecule has 0 aliphatic heterocycles. The molecule has 0 unspecified atom stereocenters. The fourth-order valence-corrected chi connectivity index (χ4v) is 2.21. The minimum Gasteiger partial charge on any atom is -0.370 e. The number of nitrogens with zero attached hydrogens (tertiary/aromatic N) is 2. The number of halogens is 1. The van der Waals surface area contributed by atoms with Gasteiger partial charge in [-0.1, -0.05) is 28.1 Å². The molecular weight excluding hydrogens is 302 g/mol. The van der Waals surface area contributed by atoms with Crippen molar-refractivity contribution in [1.29, 1.82) is 5.26 Å². The van der Waals surface area contributed by atoms with E-state index in [0.29, 0.717) is 5.56 Å². The Morgan fingerprint density at radius 1 is 1.26 bits per heavy atom. The van der Waals surface area contributed by atoms with E-state index in [1.165, 1.54) is 5.56 Å². The van der Waals surface area contributed by atoms with E-state index in [1.807, 2.05) is 12.1 Å². The summed E-state index contributed by atoms with van der Waals surface area (Å²) in [6.07, 6.45) is 3.65. The van der Waals surface area contributed by atoms with Crippen molar-refractivity contribution in [1.82, 2.24) is 4.98 Å². The third-order valence-electron chi connectivity index (χ3n) is 2.73. The Morgan fingerprint density at radius 2 is 2.16 bits per heavy atom. The van der Waals surface area contributed by atoms with Crippen molar-refractivity contribution in [3.63, 3.8) is 0 Å². The van der Waals surface area contributed by atoms with Gasteiger partial charge in [-0.2, -0.15) is 5.26 Å². The van der Waals surface area contributed by atoms with Crippen LogP contribution in [0.3, 0.4) is 0 Å². The predicted octanol–water partition coefficient (Wildman–Crippen LogP) is 3.76.